The van der Waals surface area contributed by atoms with E-state index in [0.29, 0.717) is 30.5 Å². The molecule has 0 N–H and O–H groups in total. The molecule has 1 fully saturated rings. The van der Waals surface area contributed by atoms with Crippen LogP contribution in [-0.4, -0.2) is 30.9 Å². The molecule has 7 nitrogen and oxygen atoms in total. The van der Waals surface area contributed by atoms with E-state index in [2.05, 4.69) is 12.1 Å². The highest BCUT2D eigenvalue weighted by Gasteiger charge is 2.27. The third-order valence-corrected chi connectivity index (χ3v) is 8.76. The van der Waals surface area contributed by atoms with E-state index < -0.39 is 20.3 Å². The van der Waals surface area contributed by atoms with Gasteiger partial charge in [-0.05, 0) is 67.5 Å². The van der Waals surface area contributed by atoms with Crippen molar-refractivity contribution < 1.29 is 8.42 Å². The summed E-state index contributed by atoms with van der Waals surface area (Å²) in [5, 5.41) is 9.87. The summed E-state index contributed by atoms with van der Waals surface area (Å²) in [6.45, 7) is 3.24. The van der Waals surface area contributed by atoms with Crippen molar-refractivity contribution in [2.75, 3.05) is 18.0 Å². The van der Waals surface area contributed by atoms with Crippen LogP contribution < -0.4 is 10.5 Å². The zero-order chi connectivity index (χ0) is 26.7. The molecule has 0 amide bonds. The van der Waals surface area contributed by atoms with Crippen LogP contribution in [0.2, 0.25) is 0 Å². The second-order valence-corrected chi connectivity index (χ2v) is 11.5. The molecule has 5 rings (SSSR count). The van der Waals surface area contributed by atoms with Gasteiger partial charge in [-0.25, -0.2) is 13.4 Å². The fourth-order valence-electron chi connectivity index (χ4n) is 4.99. The molecule has 38 heavy (non-hydrogen) atoms. The Morgan fingerprint density at radius 1 is 1.03 bits per heavy atom. The number of allylic oxidation sites excluding steroid dienone is 1. The Morgan fingerprint density at radius 3 is 2.34 bits per heavy atom. The number of benzene rings is 2. The molecule has 8 heteroatoms. The maximum atomic E-state index is 13.7. The molecular weight excluding hydrogens is 496 g/mol. The van der Waals surface area contributed by atoms with Gasteiger partial charge in [0.15, 0.2) is 0 Å². The van der Waals surface area contributed by atoms with E-state index in [0.717, 1.165) is 24.8 Å². The lowest BCUT2D eigenvalue weighted by molar-refractivity contribution is 0.402. The normalized spacial score (nSPS) is 14.9. The van der Waals surface area contributed by atoms with Gasteiger partial charge in [-0.2, -0.15) is 5.26 Å². The summed E-state index contributed by atoms with van der Waals surface area (Å²) in [4.78, 5) is 20.1. The van der Waals surface area contributed by atoms with E-state index in [9.17, 15) is 18.5 Å². The van der Waals surface area contributed by atoms with Gasteiger partial charge >= 0.3 is 0 Å². The lowest BCUT2D eigenvalue weighted by Crippen LogP contribution is -2.37. The van der Waals surface area contributed by atoms with Gasteiger partial charge in [0.25, 0.3) is 5.56 Å². The zero-order valence-corrected chi connectivity index (χ0v) is 21.9. The van der Waals surface area contributed by atoms with Crippen LogP contribution in [-0.2, 0) is 16.3 Å². The SMILES string of the molecule is Cc1cccn2c(=O)c(C=C(C#N)S(=O)(=O)c3ccccc3)c(N3CCC(Cc4ccccc4)CC3)nc12. The summed E-state index contributed by atoms with van der Waals surface area (Å²) in [5.41, 5.74) is 2.34. The van der Waals surface area contributed by atoms with Crippen LogP contribution in [0.1, 0.15) is 29.5 Å². The number of hydrogen-bond acceptors (Lipinski definition) is 6. The molecule has 0 aliphatic carbocycles. The van der Waals surface area contributed by atoms with Gasteiger partial charge in [-0.1, -0.05) is 54.6 Å². The molecule has 1 aliphatic heterocycles. The summed E-state index contributed by atoms with van der Waals surface area (Å²) in [7, 11) is -4.11. The molecule has 0 atom stereocenters. The van der Waals surface area contributed by atoms with Crippen molar-refractivity contribution in [3.8, 4) is 6.07 Å². The van der Waals surface area contributed by atoms with Crippen LogP contribution in [0, 0.1) is 24.2 Å². The van der Waals surface area contributed by atoms with E-state index in [1.54, 1.807) is 30.5 Å². The maximum absolute atomic E-state index is 13.7. The topological polar surface area (TPSA) is 95.5 Å². The molecule has 2 aromatic carbocycles. The summed E-state index contributed by atoms with van der Waals surface area (Å²) in [5.74, 6) is 0.919. The molecule has 0 radical (unpaired) electrons. The lowest BCUT2D eigenvalue weighted by atomic mass is 9.90. The predicted molar refractivity (Wildman–Crippen MR) is 148 cm³/mol. The zero-order valence-electron chi connectivity index (χ0n) is 21.1. The summed E-state index contributed by atoms with van der Waals surface area (Å²) < 4.78 is 27.9. The highest BCUT2D eigenvalue weighted by molar-refractivity contribution is 7.95. The van der Waals surface area contributed by atoms with E-state index in [-0.39, 0.29) is 10.5 Å². The number of hydrogen-bond donors (Lipinski definition) is 0. The second kappa shape index (κ2) is 10.6. The number of sulfone groups is 1. The Bertz CT molecular complexity index is 1700. The number of pyridine rings is 1. The van der Waals surface area contributed by atoms with E-state index in [1.165, 1.54) is 28.2 Å². The highest BCUT2D eigenvalue weighted by Crippen LogP contribution is 2.29. The monoisotopic (exact) mass is 524 g/mol. The Morgan fingerprint density at radius 2 is 1.68 bits per heavy atom. The predicted octanol–water partition coefficient (Wildman–Crippen LogP) is 4.80. The molecule has 2 aromatic heterocycles. The first-order valence-electron chi connectivity index (χ1n) is 12.6. The fraction of sp³-hybridized carbons (Fsp3) is 0.233. The maximum Gasteiger partial charge on any atom is 0.267 e. The number of rotatable bonds is 6. The lowest BCUT2D eigenvalue weighted by Gasteiger charge is -2.33. The molecule has 1 saturated heterocycles. The summed E-state index contributed by atoms with van der Waals surface area (Å²) in [6, 6.07) is 23.6. The minimum absolute atomic E-state index is 0.000714. The number of aryl methyl sites for hydroxylation is 1. The van der Waals surface area contributed by atoms with Crippen LogP contribution in [0.25, 0.3) is 11.7 Å². The van der Waals surface area contributed by atoms with Gasteiger partial charge in [-0.15, -0.1) is 0 Å². The second-order valence-electron chi connectivity index (χ2n) is 9.60. The first-order valence-corrected chi connectivity index (χ1v) is 14.1. The Kier molecular flexibility index (Phi) is 7.12. The molecule has 192 valence electrons. The van der Waals surface area contributed by atoms with Gasteiger partial charge in [0, 0.05) is 19.3 Å². The van der Waals surface area contributed by atoms with Crippen molar-refractivity contribution in [3.63, 3.8) is 0 Å². The van der Waals surface area contributed by atoms with E-state index >= 15 is 0 Å². The van der Waals surface area contributed by atoms with Crippen molar-refractivity contribution in [3.05, 3.63) is 111 Å². The first-order chi connectivity index (χ1) is 18.4. The average molecular weight is 525 g/mol. The third kappa shape index (κ3) is 4.98. The minimum atomic E-state index is -4.11. The van der Waals surface area contributed by atoms with Crippen molar-refractivity contribution in [2.24, 2.45) is 5.92 Å². The van der Waals surface area contributed by atoms with Crippen molar-refractivity contribution in [1.82, 2.24) is 9.38 Å². The molecule has 0 spiro atoms. The number of anilines is 1. The Balaban J connectivity index is 1.56. The minimum Gasteiger partial charge on any atom is -0.356 e. The van der Waals surface area contributed by atoms with Crippen LogP contribution in [0.15, 0.2) is 93.6 Å². The Hall–Kier alpha value is -4.22. The highest BCUT2D eigenvalue weighted by atomic mass is 32.2. The molecule has 0 unspecified atom stereocenters. The molecule has 1 aliphatic rings. The quantitative estimate of drug-likeness (QED) is 0.336. The van der Waals surface area contributed by atoms with Gasteiger partial charge in [0.1, 0.15) is 22.4 Å². The van der Waals surface area contributed by atoms with Gasteiger partial charge in [0.2, 0.25) is 9.84 Å². The van der Waals surface area contributed by atoms with Gasteiger partial charge in [0.05, 0.1) is 10.5 Å². The average Bonchev–Trinajstić information content (AvgIpc) is 2.94. The molecular formula is C30H28N4O3S. The number of nitrogens with zero attached hydrogens (tertiary/aromatic N) is 4. The number of aromatic nitrogens is 2. The number of piperidine rings is 1. The fourth-order valence-corrected chi connectivity index (χ4v) is 6.15. The van der Waals surface area contributed by atoms with Gasteiger partial charge in [-0.3, -0.25) is 9.20 Å². The third-order valence-electron chi connectivity index (χ3n) is 7.07. The molecule has 4 aromatic rings. The molecule has 3 heterocycles. The first kappa shape index (κ1) is 25.4. The summed E-state index contributed by atoms with van der Waals surface area (Å²) >= 11 is 0. The van der Waals surface area contributed by atoms with E-state index in [1.807, 2.05) is 42.2 Å². The van der Waals surface area contributed by atoms with Gasteiger partial charge < -0.3 is 4.90 Å². The van der Waals surface area contributed by atoms with Crippen LogP contribution in [0.5, 0.6) is 0 Å². The van der Waals surface area contributed by atoms with Crippen molar-refractivity contribution in [2.45, 2.75) is 31.1 Å². The smallest absolute Gasteiger partial charge is 0.267 e. The Labute approximate surface area is 222 Å². The number of fused-ring (bicyclic) bond motifs is 1. The van der Waals surface area contributed by atoms with Crippen LogP contribution in [0.3, 0.4) is 0 Å². The van der Waals surface area contributed by atoms with Crippen LogP contribution in [0.4, 0.5) is 5.82 Å². The largest absolute Gasteiger partial charge is 0.356 e. The van der Waals surface area contributed by atoms with Crippen molar-refractivity contribution in [1.29, 1.82) is 5.26 Å². The number of nitriles is 1. The van der Waals surface area contributed by atoms with E-state index in [4.69, 9.17) is 4.98 Å². The molecule has 0 bridgehead atoms. The standard InChI is InChI=1S/C30H28N4O3S/c1-22-9-8-16-34-28(22)32-29(33-17-14-24(15-18-33)19-23-10-4-2-5-11-23)27(30(34)35)20-26(21-31)38(36,37)25-12-6-3-7-13-25/h2-13,16,20,24H,14-15,17-19H2,1H3. The molecule has 0 saturated carbocycles. The van der Waals surface area contributed by atoms with Crippen LogP contribution >= 0.6 is 0 Å². The van der Waals surface area contributed by atoms with Crippen molar-refractivity contribution >= 4 is 27.4 Å². The summed E-state index contributed by atoms with van der Waals surface area (Å²) in [6.07, 6.45) is 5.63.